The Hall–Kier alpha value is -1.46. The van der Waals surface area contributed by atoms with E-state index in [0.717, 1.165) is 51.4 Å². The first-order valence-electron chi connectivity index (χ1n) is 13.3. The van der Waals surface area contributed by atoms with Gasteiger partial charge < -0.3 is 23.8 Å². The van der Waals surface area contributed by atoms with E-state index in [9.17, 15) is 9.59 Å². The summed E-state index contributed by atoms with van der Waals surface area (Å²) >= 11 is 0. The highest BCUT2D eigenvalue weighted by Gasteiger charge is 2.24. The highest BCUT2D eigenvalue weighted by molar-refractivity contribution is 5.76. The maximum atomic E-state index is 13.5. The molecule has 0 spiro atoms. The van der Waals surface area contributed by atoms with Crippen LogP contribution in [0.3, 0.4) is 0 Å². The Bertz CT molecular complexity index is 512. The van der Waals surface area contributed by atoms with Crippen molar-refractivity contribution in [2.24, 2.45) is 0 Å². The van der Waals surface area contributed by atoms with Crippen LogP contribution in [0.5, 0.6) is 0 Å². The molecule has 3 amide bonds. The number of carbonyl (C=O) groups is 2. The van der Waals surface area contributed by atoms with Crippen molar-refractivity contribution >= 4 is 11.9 Å². The summed E-state index contributed by atoms with van der Waals surface area (Å²) in [5.74, 6) is -0.166. The summed E-state index contributed by atoms with van der Waals surface area (Å²) in [4.78, 5) is 30.3. The van der Waals surface area contributed by atoms with Crippen LogP contribution in [0.2, 0.25) is 0 Å². The molecule has 0 rings (SSSR count). The zero-order chi connectivity index (χ0) is 26.2. The summed E-state index contributed by atoms with van der Waals surface area (Å²) < 4.78 is 22.7. The monoisotopic (exact) mass is 504 g/mol. The Morgan fingerprint density at radius 3 is 1.51 bits per heavy atom. The third-order valence-corrected chi connectivity index (χ3v) is 5.14. The number of hydrogen-bond donors (Lipinski definition) is 1. The Morgan fingerprint density at radius 2 is 1.06 bits per heavy atom. The van der Waals surface area contributed by atoms with Crippen LogP contribution in [-0.2, 0) is 23.7 Å². The molecule has 0 radical (unpaired) electrons. The minimum Gasteiger partial charge on any atom is -0.366 e. The normalized spacial score (nSPS) is 11.0. The summed E-state index contributed by atoms with van der Waals surface area (Å²) in [5, 5.41) is 3.15. The molecule has 0 heterocycles. The topological polar surface area (TPSA) is 92.8 Å². The van der Waals surface area contributed by atoms with Gasteiger partial charge >= 0.3 is 6.03 Å². The average molecular weight is 505 g/mol. The van der Waals surface area contributed by atoms with Crippen LogP contribution in [0.1, 0.15) is 86.0 Å². The molecule has 10 heteroatoms. The molecule has 10 nitrogen and oxygen atoms in total. The maximum Gasteiger partial charge on any atom is 0.326 e. The number of amides is 3. The number of ether oxygens (including phenoxy) is 4. The molecule has 0 aliphatic rings. The number of unbranched alkanes of at least 4 members (excludes halogenated alkanes) is 4. The van der Waals surface area contributed by atoms with Gasteiger partial charge in [0.25, 0.3) is 0 Å². The Kier molecular flexibility index (Phi) is 23.2. The third kappa shape index (κ3) is 18.5. The van der Waals surface area contributed by atoms with E-state index in [1.54, 1.807) is 4.90 Å². The van der Waals surface area contributed by atoms with E-state index in [1.807, 2.05) is 0 Å². The first kappa shape index (κ1) is 33.5. The van der Waals surface area contributed by atoms with Gasteiger partial charge in [0.2, 0.25) is 5.91 Å². The van der Waals surface area contributed by atoms with Crippen molar-refractivity contribution in [3.8, 4) is 0 Å². The maximum absolute atomic E-state index is 13.5. The standard InChI is InChI=1S/C25H52N4O6/c1-6-10-14-32-19-26-18-27(21-33-15-11-7-2)25(31)29(23-35-17-13-9-4)20-28(24(5)30)22-34-16-12-8-3/h26H,6-23H2,1-5H3. The van der Waals surface area contributed by atoms with E-state index < -0.39 is 0 Å². The van der Waals surface area contributed by atoms with Crippen LogP contribution in [0, 0.1) is 0 Å². The van der Waals surface area contributed by atoms with Gasteiger partial charge in [0.15, 0.2) is 0 Å². The summed E-state index contributed by atoms with van der Waals surface area (Å²) in [6.45, 7) is 13.2. The number of nitrogens with zero attached hydrogens (tertiary/aromatic N) is 3. The van der Waals surface area contributed by atoms with Gasteiger partial charge in [-0.1, -0.05) is 53.4 Å². The van der Waals surface area contributed by atoms with E-state index in [1.165, 1.54) is 16.7 Å². The Balaban J connectivity index is 5.22. The molecule has 0 bridgehead atoms. The number of carbonyl (C=O) groups excluding carboxylic acids is 2. The number of hydrogen-bond acceptors (Lipinski definition) is 7. The molecule has 0 aliphatic heterocycles. The largest absolute Gasteiger partial charge is 0.366 e. The first-order valence-corrected chi connectivity index (χ1v) is 13.3. The highest BCUT2D eigenvalue weighted by atomic mass is 16.5. The van der Waals surface area contributed by atoms with Crippen molar-refractivity contribution in [1.29, 1.82) is 0 Å². The summed E-state index contributed by atoms with van der Waals surface area (Å²) in [7, 11) is 0. The molecule has 1 N–H and O–H groups in total. The van der Waals surface area contributed by atoms with Crippen LogP contribution >= 0.6 is 0 Å². The SMILES string of the molecule is CCCCOCNCN(COCCCC)C(=O)N(COCCCC)CN(COCCCC)C(C)=O. The molecule has 0 saturated carbocycles. The van der Waals surface area contributed by atoms with E-state index in [4.69, 9.17) is 18.9 Å². The second-order valence-corrected chi connectivity index (χ2v) is 8.55. The second kappa shape index (κ2) is 24.2. The smallest absolute Gasteiger partial charge is 0.326 e. The molecular weight excluding hydrogens is 452 g/mol. The molecular formula is C25H52N4O6. The zero-order valence-electron chi connectivity index (χ0n) is 23.0. The molecule has 0 aliphatic carbocycles. The lowest BCUT2D eigenvalue weighted by molar-refractivity contribution is -0.138. The molecule has 208 valence electrons. The highest BCUT2D eigenvalue weighted by Crippen LogP contribution is 2.05. The lowest BCUT2D eigenvalue weighted by atomic mass is 10.4. The van der Waals surface area contributed by atoms with Gasteiger partial charge in [-0.3, -0.25) is 19.9 Å². The van der Waals surface area contributed by atoms with Crippen molar-refractivity contribution in [2.75, 3.05) is 66.7 Å². The Morgan fingerprint density at radius 1 is 0.629 bits per heavy atom. The van der Waals surface area contributed by atoms with E-state index in [-0.39, 0.29) is 45.5 Å². The van der Waals surface area contributed by atoms with Gasteiger partial charge in [0, 0.05) is 33.4 Å². The summed E-state index contributed by atoms with van der Waals surface area (Å²) in [6.07, 6.45) is 7.83. The molecule has 0 saturated heterocycles. The van der Waals surface area contributed by atoms with Gasteiger partial charge in [-0.25, -0.2) is 4.79 Å². The van der Waals surface area contributed by atoms with Gasteiger partial charge in [0.1, 0.15) is 26.9 Å². The van der Waals surface area contributed by atoms with Gasteiger partial charge in [-0.15, -0.1) is 0 Å². The lowest BCUT2D eigenvalue weighted by Crippen LogP contribution is -2.53. The molecule has 0 fully saturated rings. The third-order valence-electron chi connectivity index (χ3n) is 5.14. The average Bonchev–Trinajstić information content (AvgIpc) is 2.85. The lowest BCUT2D eigenvalue weighted by Gasteiger charge is -2.34. The molecule has 0 atom stereocenters. The fourth-order valence-electron chi connectivity index (χ4n) is 2.80. The van der Waals surface area contributed by atoms with Crippen molar-refractivity contribution in [3.05, 3.63) is 0 Å². The number of nitrogens with one attached hydrogen (secondary N) is 1. The molecule has 0 aromatic rings. The predicted octanol–water partition coefficient (Wildman–Crippen LogP) is 4.16. The quantitative estimate of drug-likeness (QED) is 0.156. The van der Waals surface area contributed by atoms with E-state index in [2.05, 4.69) is 33.0 Å². The number of urea groups is 1. The molecule has 35 heavy (non-hydrogen) atoms. The molecule has 0 unspecified atom stereocenters. The van der Waals surface area contributed by atoms with Crippen molar-refractivity contribution < 1.29 is 28.5 Å². The summed E-state index contributed by atoms with van der Waals surface area (Å²) in [5.41, 5.74) is 0. The fourth-order valence-corrected chi connectivity index (χ4v) is 2.80. The van der Waals surface area contributed by atoms with Crippen molar-refractivity contribution in [2.45, 2.75) is 86.0 Å². The van der Waals surface area contributed by atoms with Crippen LogP contribution in [0.4, 0.5) is 4.79 Å². The summed E-state index contributed by atoms with van der Waals surface area (Å²) in [6, 6.07) is -0.279. The number of rotatable bonds is 24. The fraction of sp³-hybridized carbons (Fsp3) is 0.920. The van der Waals surface area contributed by atoms with Crippen LogP contribution in [-0.4, -0.2) is 93.3 Å². The van der Waals surface area contributed by atoms with Crippen molar-refractivity contribution in [1.82, 2.24) is 20.0 Å². The molecule has 0 aromatic carbocycles. The van der Waals surface area contributed by atoms with Gasteiger partial charge in [-0.2, -0.15) is 0 Å². The Labute approximate surface area is 213 Å². The minimum atomic E-state index is -0.279. The minimum absolute atomic E-state index is 0.0743. The predicted molar refractivity (Wildman–Crippen MR) is 137 cm³/mol. The van der Waals surface area contributed by atoms with E-state index in [0.29, 0.717) is 33.2 Å². The van der Waals surface area contributed by atoms with Crippen LogP contribution in [0.25, 0.3) is 0 Å². The van der Waals surface area contributed by atoms with Crippen molar-refractivity contribution in [3.63, 3.8) is 0 Å². The van der Waals surface area contributed by atoms with Crippen LogP contribution < -0.4 is 5.32 Å². The molecule has 0 aromatic heterocycles. The first-order chi connectivity index (χ1) is 17.0. The second-order valence-electron chi connectivity index (χ2n) is 8.55. The van der Waals surface area contributed by atoms with Crippen LogP contribution in [0.15, 0.2) is 0 Å². The van der Waals surface area contributed by atoms with Gasteiger partial charge in [-0.05, 0) is 25.7 Å². The zero-order valence-corrected chi connectivity index (χ0v) is 23.0. The van der Waals surface area contributed by atoms with E-state index >= 15 is 0 Å². The van der Waals surface area contributed by atoms with Gasteiger partial charge in [0.05, 0.1) is 13.4 Å².